The van der Waals surface area contributed by atoms with Crippen molar-refractivity contribution in [1.82, 2.24) is 5.32 Å². The molecule has 1 rings (SSSR count). The van der Waals surface area contributed by atoms with Gasteiger partial charge >= 0.3 is 6.18 Å². The van der Waals surface area contributed by atoms with E-state index in [1.54, 1.807) is 0 Å². The molecule has 0 aliphatic carbocycles. The van der Waals surface area contributed by atoms with E-state index in [1.165, 1.54) is 12.1 Å². The van der Waals surface area contributed by atoms with E-state index in [9.17, 15) is 13.2 Å². The molecule has 0 saturated heterocycles. The number of benzene rings is 1. The summed E-state index contributed by atoms with van der Waals surface area (Å²) in [5.41, 5.74) is 4.74. The highest BCUT2D eigenvalue weighted by Crippen LogP contribution is 2.37. The van der Waals surface area contributed by atoms with E-state index in [0.29, 0.717) is 11.0 Å². The Morgan fingerprint density at radius 2 is 2.14 bits per heavy atom. The van der Waals surface area contributed by atoms with Crippen LogP contribution in [0.15, 0.2) is 27.7 Å². The van der Waals surface area contributed by atoms with E-state index < -0.39 is 11.7 Å². The molecular formula is C13H17BrF3N3O. The number of guanidine groups is 1. The van der Waals surface area contributed by atoms with Gasteiger partial charge in [-0.2, -0.15) is 13.2 Å². The highest BCUT2D eigenvalue weighted by atomic mass is 79.9. The fourth-order valence-electron chi connectivity index (χ4n) is 1.48. The molecule has 1 aromatic carbocycles. The Kier molecular flexibility index (Phi) is 6.80. The molecule has 21 heavy (non-hydrogen) atoms. The van der Waals surface area contributed by atoms with Gasteiger partial charge in [0.1, 0.15) is 12.4 Å². The fourth-order valence-corrected chi connectivity index (χ4v) is 1.84. The molecule has 3 N–H and O–H groups in total. The number of nitrogens with one attached hydrogen (secondary N) is 1. The molecule has 8 heteroatoms. The zero-order chi connectivity index (χ0) is 15.9. The minimum absolute atomic E-state index is 0.0487. The maximum absolute atomic E-state index is 12.8. The first-order valence-corrected chi connectivity index (χ1v) is 7.17. The Balaban J connectivity index is 2.56. The maximum atomic E-state index is 12.8. The quantitative estimate of drug-likeness (QED) is 0.461. The zero-order valence-corrected chi connectivity index (χ0v) is 13.1. The molecule has 0 atom stereocenters. The average molecular weight is 368 g/mol. The van der Waals surface area contributed by atoms with E-state index in [4.69, 9.17) is 10.5 Å². The number of nitrogens with zero attached hydrogens (tertiary/aromatic N) is 1. The standard InChI is InChI=1S/C13H17BrF3N3O/c1-2-5-19-12(18)20-6-7-21-11-4-3-9(14)8-10(11)13(15,16)17/h3-4,8H,2,5-7H2,1H3,(H3,18,19,20). The highest BCUT2D eigenvalue weighted by molar-refractivity contribution is 9.10. The van der Waals surface area contributed by atoms with Crippen LogP contribution in [0.3, 0.4) is 0 Å². The third-order valence-electron chi connectivity index (χ3n) is 2.42. The van der Waals surface area contributed by atoms with E-state index >= 15 is 0 Å². The molecule has 0 amide bonds. The Morgan fingerprint density at radius 3 is 2.76 bits per heavy atom. The topological polar surface area (TPSA) is 59.6 Å². The molecular weight excluding hydrogens is 351 g/mol. The molecule has 0 heterocycles. The second-order valence-corrected chi connectivity index (χ2v) is 5.10. The molecule has 0 spiro atoms. The normalized spacial score (nSPS) is 12.3. The predicted octanol–water partition coefficient (Wildman–Crippen LogP) is 3.16. The number of aliphatic imine (C=N–C) groups is 1. The molecule has 0 aromatic heterocycles. The lowest BCUT2D eigenvalue weighted by atomic mass is 10.2. The van der Waals surface area contributed by atoms with Crippen LogP contribution < -0.4 is 15.8 Å². The number of halogens is 4. The minimum Gasteiger partial charge on any atom is -0.491 e. The summed E-state index contributed by atoms with van der Waals surface area (Å²) >= 11 is 3.01. The van der Waals surface area contributed by atoms with Gasteiger partial charge in [0, 0.05) is 11.0 Å². The van der Waals surface area contributed by atoms with Gasteiger partial charge in [0.15, 0.2) is 5.96 Å². The van der Waals surface area contributed by atoms with E-state index in [0.717, 1.165) is 12.5 Å². The summed E-state index contributed by atoms with van der Waals surface area (Å²) in [6.07, 6.45) is -3.60. The molecule has 0 unspecified atom stereocenters. The minimum atomic E-state index is -4.46. The van der Waals surface area contributed by atoms with E-state index in [2.05, 4.69) is 26.2 Å². The molecule has 0 radical (unpaired) electrons. The molecule has 118 valence electrons. The first-order valence-electron chi connectivity index (χ1n) is 6.38. The van der Waals surface area contributed by atoms with Crippen LogP contribution in [-0.4, -0.2) is 25.7 Å². The van der Waals surface area contributed by atoms with Crippen LogP contribution in [0.5, 0.6) is 5.75 Å². The van der Waals surface area contributed by atoms with Crippen molar-refractivity contribution in [3.8, 4) is 5.75 Å². The van der Waals surface area contributed by atoms with Crippen LogP contribution >= 0.6 is 15.9 Å². The van der Waals surface area contributed by atoms with E-state index in [-0.39, 0.29) is 24.9 Å². The third-order valence-corrected chi connectivity index (χ3v) is 2.91. The van der Waals surface area contributed by atoms with E-state index in [1.807, 2.05) is 6.92 Å². The van der Waals surface area contributed by atoms with Gasteiger partial charge in [-0.3, -0.25) is 4.99 Å². The fraction of sp³-hybridized carbons (Fsp3) is 0.462. The second kappa shape index (κ2) is 8.11. The number of nitrogens with two attached hydrogens (primary N) is 1. The average Bonchev–Trinajstić information content (AvgIpc) is 2.41. The summed E-state index contributed by atoms with van der Waals surface area (Å²) in [6.45, 7) is 2.89. The number of rotatable bonds is 6. The van der Waals surface area contributed by atoms with Crippen molar-refractivity contribution in [2.24, 2.45) is 10.7 Å². The lowest BCUT2D eigenvalue weighted by Crippen LogP contribution is -2.35. The van der Waals surface area contributed by atoms with Crippen molar-refractivity contribution < 1.29 is 17.9 Å². The lowest BCUT2D eigenvalue weighted by molar-refractivity contribution is -0.139. The Morgan fingerprint density at radius 1 is 1.43 bits per heavy atom. The third kappa shape index (κ3) is 6.24. The van der Waals surface area contributed by atoms with Crippen molar-refractivity contribution in [1.29, 1.82) is 0 Å². The van der Waals surface area contributed by atoms with Gasteiger partial charge in [-0.1, -0.05) is 22.9 Å². The van der Waals surface area contributed by atoms with Crippen LogP contribution in [0.4, 0.5) is 13.2 Å². The highest BCUT2D eigenvalue weighted by Gasteiger charge is 2.34. The van der Waals surface area contributed by atoms with Crippen LogP contribution in [0.1, 0.15) is 18.9 Å². The molecule has 0 bridgehead atoms. The molecule has 0 fully saturated rings. The second-order valence-electron chi connectivity index (χ2n) is 4.18. The Labute approximate surface area is 129 Å². The number of alkyl halides is 3. The van der Waals surface area contributed by atoms with Crippen LogP contribution in [-0.2, 0) is 6.18 Å². The lowest BCUT2D eigenvalue weighted by Gasteiger charge is -2.14. The predicted molar refractivity (Wildman–Crippen MR) is 79.4 cm³/mol. The SMILES string of the molecule is CCCN=C(N)NCCOc1ccc(Br)cc1C(F)(F)F. The first-order chi connectivity index (χ1) is 9.84. The van der Waals surface area contributed by atoms with Gasteiger partial charge in [-0.15, -0.1) is 0 Å². The van der Waals surface area contributed by atoms with Gasteiger partial charge in [0.05, 0.1) is 12.1 Å². The van der Waals surface area contributed by atoms with Crippen LogP contribution in [0.25, 0.3) is 0 Å². The van der Waals surface area contributed by atoms with Gasteiger partial charge in [-0.25, -0.2) is 0 Å². The number of ether oxygens (including phenoxy) is 1. The smallest absolute Gasteiger partial charge is 0.420 e. The molecule has 0 saturated carbocycles. The summed E-state index contributed by atoms with van der Waals surface area (Å²) in [7, 11) is 0. The molecule has 4 nitrogen and oxygen atoms in total. The van der Waals surface area contributed by atoms with Gasteiger partial charge in [-0.05, 0) is 24.6 Å². The summed E-state index contributed by atoms with van der Waals surface area (Å²) in [6, 6.07) is 3.76. The number of hydrogen-bond acceptors (Lipinski definition) is 2. The Hall–Kier alpha value is -1.44. The van der Waals surface area contributed by atoms with Crippen molar-refractivity contribution >= 4 is 21.9 Å². The van der Waals surface area contributed by atoms with Crippen LogP contribution in [0.2, 0.25) is 0 Å². The summed E-state index contributed by atoms with van der Waals surface area (Å²) < 4.78 is 44.1. The maximum Gasteiger partial charge on any atom is 0.420 e. The summed E-state index contributed by atoms with van der Waals surface area (Å²) in [4.78, 5) is 4.00. The van der Waals surface area contributed by atoms with Crippen molar-refractivity contribution in [3.05, 3.63) is 28.2 Å². The van der Waals surface area contributed by atoms with Crippen molar-refractivity contribution in [3.63, 3.8) is 0 Å². The Bertz CT molecular complexity index is 492. The van der Waals surface area contributed by atoms with Crippen molar-refractivity contribution in [2.45, 2.75) is 19.5 Å². The summed E-state index contributed by atoms with van der Waals surface area (Å²) in [5, 5.41) is 2.77. The van der Waals surface area contributed by atoms with Crippen LogP contribution in [0, 0.1) is 0 Å². The molecule has 1 aromatic rings. The van der Waals surface area contributed by atoms with Gasteiger partial charge in [0.25, 0.3) is 0 Å². The zero-order valence-electron chi connectivity index (χ0n) is 11.5. The summed E-state index contributed by atoms with van der Waals surface area (Å²) in [5.74, 6) is 0.0452. The van der Waals surface area contributed by atoms with Crippen molar-refractivity contribution in [2.75, 3.05) is 19.7 Å². The van der Waals surface area contributed by atoms with Gasteiger partial charge in [0.2, 0.25) is 0 Å². The first kappa shape index (κ1) is 17.6. The largest absolute Gasteiger partial charge is 0.491 e. The number of hydrogen-bond donors (Lipinski definition) is 2. The van der Waals surface area contributed by atoms with Gasteiger partial charge < -0.3 is 15.8 Å². The monoisotopic (exact) mass is 367 g/mol. The molecule has 0 aliphatic rings. The molecule has 0 aliphatic heterocycles.